The Hall–Kier alpha value is -2.38. The zero-order valence-electron chi connectivity index (χ0n) is 15.6. The summed E-state index contributed by atoms with van der Waals surface area (Å²) in [6, 6.07) is 8.23. The smallest absolute Gasteiger partial charge is 0.238 e. The summed E-state index contributed by atoms with van der Waals surface area (Å²) in [5.41, 5.74) is 8.70. The normalized spacial score (nSPS) is 24.8. The van der Waals surface area contributed by atoms with Gasteiger partial charge in [-0.15, -0.1) is 0 Å². The van der Waals surface area contributed by atoms with Gasteiger partial charge in [-0.2, -0.15) is 0 Å². The molecule has 0 spiro atoms. The number of likely N-dealkylation sites (tertiary alicyclic amines) is 1. The molecule has 2 aromatic rings. The molecule has 144 valence electrons. The molecule has 2 aliphatic heterocycles. The quantitative estimate of drug-likeness (QED) is 0.631. The highest BCUT2D eigenvalue weighted by atomic mass is 16.2. The van der Waals surface area contributed by atoms with E-state index in [0.29, 0.717) is 13.0 Å². The number of nitrogens with one attached hydrogen (secondary N) is 4. The van der Waals surface area contributed by atoms with Crippen molar-refractivity contribution in [2.75, 3.05) is 20.1 Å². The van der Waals surface area contributed by atoms with Crippen LogP contribution in [0, 0.1) is 5.92 Å². The number of nitrogens with zero attached hydrogens (tertiary/aromatic N) is 1. The van der Waals surface area contributed by atoms with Crippen LogP contribution in [0.25, 0.3) is 10.9 Å². The Labute approximate surface area is 158 Å². The van der Waals surface area contributed by atoms with E-state index in [1.54, 1.807) is 7.05 Å². The van der Waals surface area contributed by atoms with Crippen LogP contribution in [0.2, 0.25) is 0 Å². The molecule has 0 saturated carbocycles. The fourth-order valence-corrected chi connectivity index (χ4v) is 4.37. The number of carbonyl (C=O) groups is 2. The number of rotatable bonds is 5. The van der Waals surface area contributed by atoms with Gasteiger partial charge in [-0.25, -0.2) is 5.43 Å². The molecule has 2 amide bonds. The summed E-state index contributed by atoms with van der Waals surface area (Å²) in [5, 5.41) is 3.94. The first-order valence-corrected chi connectivity index (χ1v) is 9.73. The third-order valence-electron chi connectivity index (χ3n) is 5.90. The zero-order valence-corrected chi connectivity index (χ0v) is 15.6. The van der Waals surface area contributed by atoms with Crippen molar-refractivity contribution >= 4 is 22.7 Å². The number of aryl methyl sites for hydroxylation is 1. The third kappa shape index (κ3) is 3.57. The second kappa shape index (κ2) is 7.70. The van der Waals surface area contributed by atoms with Crippen molar-refractivity contribution in [1.82, 2.24) is 26.1 Å². The van der Waals surface area contributed by atoms with E-state index >= 15 is 0 Å². The molecule has 3 atom stereocenters. The standard InChI is InChI=1S/C20H27N5O2/c1-21-20(27)19-15-12-25(10-9-17(15)23-24-19)18(26)8-4-5-13-11-22-16-7-3-2-6-14(13)16/h2-3,6-7,11,15,17,19,22-24H,4-5,8-10,12H2,1H3,(H,21,27). The molecule has 0 aliphatic carbocycles. The highest BCUT2D eigenvalue weighted by molar-refractivity contribution is 5.83. The van der Waals surface area contributed by atoms with Gasteiger partial charge in [0.25, 0.3) is 0 Å². The molecule has 0 radical (unpaired) electrons. The summed E-state index contributed by atoms with van der Waals surface area (Å²) >= 11 is 0. The molecule has 2 fully saturated rings. The van der Waals surface area contributed by atoms with Crippen LogP contribution in [0.5, 0.6) is 0 Å². The number of aromatic amines is 1. The number of carbonyl (C=O) groups excluding carboxylic acids is 2. The number of hydrogen-bond donors (Lipinski definition) is 4. The zero-order chi connectivity index (χ0) is 18.8. The van der Waals surface area contributed by atoms with Crippen molar-refractivity contribution in [3.8, 4) is 0 Å². The Morgan fingerprint density at radius 1 is 1.26 bits per heavy atom. The number of amides is 2. The van der Waals surface area contributed by atoms with Crippen molar-refractivity contribution in [3.05, 3.63) is 36.0 Å². The number of hydrogen-bond acceptors (Lipinski definition) is 4. The molecule has 3 unspecified atom stereocenters. The van der Waals surface area contributed by atoms with Gasteiger partial charge >= 0.3 is 0 Å². The van der Waals surface area contributed by atoms with Gasteiger partial charge in [0.15, 0.2) is 0 Å². The predicted molar refractivity (Wildman–Crippen MR) is 104 cm³/mol. The molecule has 2 saturated heterocycles. The number of para-hydroxylation sites is 1. The van der Waals surface area contributed by atoms with Crippen LogP contribution in [0.1, 0.15) is 24.8 Å². The molecule has 0 bridgehead atoms. The molecule has 1 aromatic heterocycles. The Kier molecular flexibility index (Phi) is 5.13. The number of hydrazine groups is 1. The highest BCUT2D eigenvalue weighted by Gasteiger charge is 2.43. The molecule has 7 heteroatoms. The van der Waals surface area contributed by atoms with E-state index in [9.17, 15) is 9.59 Å². The minimum absolute atomic E-state index is 0.0244. The molecule has 27 heavy (non-hydrogen) atoms. The summed E-state index contributed by atoms with van der Waals surface area (Å²) in [4.78, 5) is 30.0. The average Bonchev–Trinajstić information content (AvgIpc) is 3.31. The SMILES string of the molecule is CNC(=O)C1NNC2CCN(C(=O)CCCc3c[nH]c4ccccc34)CC21. The molecule has 7 nitrogen and oxygen atoms in total. The van der Waals surface area contributed by atoms with Crippen molar-refractivity contribution < 1.29 is 9.59 Å². The van der Waals surface area contributed by atoms with E-state index in [2.05, 4.69) is 33.3 Å². The third-order valence-corrected chi connectivity index (χ3v) is 5.90. The van der Waals surface area contributed by atoms with E-state index in [1.165, 1.54) is 10.9 Å². The van der Waals surface area contributed by atoms with Crippen molar-refractivity contribution in [3.63, 3.8) is 0 Å². The molecule has 3 heterocycles. The van der Waals surface area contributed by atoms with Crippen LogP contribution < -0.4 is 16.2 Å². The number of piperidine rings is 1. The first-order chi connectivity index (χ1) is 13.2. The lowest BCUT2D eigenvalue weighted by atomic mass is 9.87. The minimum atomic E-state index is -0.276. The lowest BCUT2D eigenvalue weighted by Gasteiger charge is -2.35. The van der Waals surface area contributed by atoms with Gasteiger partial charge in [0.05, 0.1) is 0 Å². The Balaban J connectivity index is 1.31. The Morgan fingerprint density at radius 3 is 2.96 bits per heavy atom. The van der Waals surface area contributed by atoms with Crippen molar-refractivity contribution in [2.45, 2.75) is 37.8 Å². The van der Waals surface area contributed by atoms with E-state index in [4.69, 9.17) is 0 Å². The van der Waals surface area contributed by atoms with Crippen LogP contribution in [-0.4, -0.2) is 53.9 Å². The number of aromatic nitrogens is 1. The van der Waals surface area contributed by atoms with Crippen molar-refractivity contribution in [1.29, 1.82) is 0 Å². The average molecular weight is 369 g/mol. The van der Waals surface area contributed by atoms with Gasteiger partial charge in [0.2, 0.25) is 11.8 Å². The van der Waals surface area contributed by atoms with Crippen molar-refractivity contribution in [2.24, 2.45) is 5.92 Å². The molecular weight excluding hydrogens is 342 g/mol. The van der Waals surface area contributed by atoms with E-state index in [1.807, 2.05) is 23.2 Å². The molecule has 4 N–H and O–H groups in total. The molecule has 2 aliphatic rings. The fraction of sp³-hybridized carbons (Fsp3) is 0.500. The predicted octanol–water partition coefficient (Wildman–Crippen LogP) is 0.930. The summed E-state index contributed by atoms with van der Waals surface area (Å²) in [6.45, 7) is 1.39. The van der Waals surface area contributed by atoms with E-state index in [-0.39, 0.29) is 29.8 Å². The summed E-state index contributed by atoms with van der Waals surface area (Å²) < 4.78 is 0. The largest absolute Gasteiger partial charge is 0.361 e. The van der Waals surface area contributed by atoms with Crippen LogP contribution >= 0.6 is 0 Å². The topological polar surface area (TPSA) is 89.3 Å². The minimum Gasteiger partial charge on any atom is -0.361 e. The Bertz CT molecular complexity index is 833. The number of H-pyrrole nitrogens is 1. The van der Waals surface area contributed by atoms with Gasteiger partial charge in [-0.3, -0.25) is 15.0 Å². The summed E-state index contributed by atoms with van der Waals surface area (Å²) in [5.74, 6) is 0.288. The first kappa shape index (κ1) is 18.0. The first-order valence-electron chi connectivity index (χ1n) is 9.73. The van der Waals surface area contributed by atoms with Gasteiger partial charge in [-0.1, -0.05) is 18.2 Å². The van der Waals surface area contributed by atoms with Crippen LogP contribution in [-0.2, 0) is 16.0 Å². The lowest BCUT2D eigenvalue weighted by molar-refractivity contribution is -0.134. The summed E-state index contributed by atoms with van der Waals surface area (Å²) in [6.07, 6.45) is 5.19. The highest BCUT2D eigenvalue weighted by Crippen LogP contribution is 2.25. The van der Waals surface area contributed by atoms with Gasteiger partial charge in [0, 0.05) is 55.6 Å². The fourth-order valence-electron chi connectivity index (χ4n) is 4.37. The molecule has 1 aromatic carbocycles. The number of likely N-dealkylation sites (N-methyl/N-ethyl adjacent to an activating group) is 1. The lowest BCUT2D eigenvalue weighted by Crippen LogP contribution is -2.51. The maximum atomic E-state index is 12.7. The maximum Gasteiger partial charge on any atom is 0.238 e. The number of fused-ring (bicyclic) bond motifs is 2. The molecular formula is C20H27N5O2. The summed E-state index contributed by atoms with van der Waals surface area (Å²) in [7, 11) is 1.65. The van der Waals surface area contributed by atoms with Gasteiger partial charge in [0.1, 0.15) is 6.04 Å². The monoisotopic (exact) mass is 369 g/mol. The van der Waals surface area contributed by atoms with Crippen LogP contribution in [0.15, 0.2) is 30.5 Å². The number of benzene rings is 1. The maximum absolute atomic E-state index is 12.7. The van der Waals surface area contributed by atoms with E-state index < -0.39 is 0 Å². The van der Waals surface area contributed by atoms with Crippen LogP contribution in [0.4, 0.5) is 0 Å². The van der Waals surface area contributed by atoms with Crippen LogP contribution in [0.3, 0.4) is 0 Å². The molecule has 4 rings (SSSR count). The van der Waals surface area contributed by atoms with Gasteiger partial charge in [-0.05, 0) is 30.9 Å². The Morgan fingerprint density at radius 2 is 2.11 bits per heavy atom. The van der Waals surface area contributed by atoms with E-state index in [0.717, 1.165) is 31.3 Å². The second-order valence-corrected chi connectivity index (χ2v) is 7.49. The second-order valence-electron chi connectivity index (χ2n) is 7.49. The van der Waals surface area contributed by atoms with Gasteiger partial charge < -0.3 is 15.2 Å².